The van der Waals surface area contributed by atoms with Crippen LogP contribution in [-0.4, -0.2) is 35.9 Å². The third-order valence-corrected chi connectivity index (χ3v) is 3.60. The number of carbonyl (C=O) groups is 2. The van der Waals surface area contributed by atoms with Gasteiger partial charge in [-0.25, -0.2) is 9.80 Å². The molecule has 1 aromatic rings. The van der Waals surface area contributed by atoms with Crippen LogP contribution < -0.4 is 0 Å². The van der Waals surface area contributed by atoms with Crippen molar-refractivity contribution in [2.24, 2.45) is 10.5 Å². The van der Waals surface area contributed by atoms with Gasteiger partial charge in [0.05, 0.1) is 11.5 Å². The van der Waals surface area contributed by atoms with Gasteiger partial charge in [-0.3, -0.25) is 4.79 Å². The highest BCUT2D eigenvalue weighted by atomic mass is 19.4. The van der Waals surface area contributed by atoms with E-state index in [1.165, 1.54) is 18.9 Å². The second kappa shape index (κ2) is 6.62. The van der Waals surface area contributed by atoms with Gasteiger partial charge in [-0.05, 0) is 19.4 Å². The molecule has 8 heteroatoms. The summed E-state index contributed by atoms with van der Waals surface area (Å²) in [7, 11) is 0. The molecule has 2 rings (SSSR count). The Balaban J connectivity index is 2.08. The van der Waals surface area contributed by atoms with Gasteiger partial charge in [0, 0.05) is 12.6 Å². The molecule has 1 heterocycles. The lowest BCUT2D eigenvalue weighted by molar-refractivity contribution is -0.202. The number of hydrogen-bond acceptors (Lipinski definition) is 4. The third-order valence-electron chi connectivity index (χ3n) is 3.60. The number of benzene rings is 1. The fraction of sp³-hybridized carbons (Fsp3) is 0.438. The summed E-state index contributed by atoms with van der Waals surface area (Å²) in [5.41, 5.74) is -0.471. The minimum atomic E-state index is -5.09. The van der Waals surface area contributed by atoms with E-state index in [0.29, 0.717) is 6.42 Å². The SMILES string of the molecule is CC(C)(COC(=O)C(F)(F)F)C(=O)N1N=CCC1c1ccccc1. The van der Waals surface area contributed by atoms with Gasteiger partial charge in [0.15, 0.2) is 0 Å². The number of hydrogen-bond donors (Lipinski definition) is 0. The van der Waals surface area contributed by atoms with E-state index in [-0.39, 0.29) is 6.04 Å². The highest BCUT2D eigenvalue weighted by molar-refractivity contribution is 5.85. The molecule has 0 fully saturated rings. The molecule has 130 valence electrons. The highest BCUT2D eigenvalue weighted by Gasteiger charge is 2.44. The second-order valence-electron chi connectivity index (χ2n) is 6.07. The predicted octanol–water partition coefficient (Wildman–Crippen LogP) is 3.08. The fourth-order valence-corrected chi connectivity index (χ4v) is 2.26. The molecule has 1 amide bonds. The molecular formula is C16H17F3N2O3. The molecule has 0 aromatic heterocycles. The summed E-state index contributed by atoms with van der Waals surface area (Å²) in [5, 5.41) is 5.26. The maximum atomic E-state index is 12.7. The number of carbonyl (C=O) groups excluding carboxylic acids is 2. The number of nitrogens with zero attached hydrogens (tertiary/aromatic N) is 2. The van der Waals surface area contributed by atoms with Crippen LogP contribution >= 0.6 is 0 Å². The van der Waals surface area contributed by atoms with Gasteiger partial charge >= 0.3 is 12.1 Å². The molecule has 1 unspecified atom stereocenters. The topological polar surface area (TPSA) is 59.0 Å². The van der Waals surface area contributed by atoms with Crippen LogP contribution in [0.15, 0.2) is 35.4 Å². The third kappa shape index (κ3) is 3.93. The summed E-state index contributed by atoms with van der Waals surface area (Å²) in [5.74, 6) is -2.83. The fourth-order valence-electron chi connectivity index (χ4n) is 2.26. The first-order valence-corrected chi connectivity index (χ1v) is 7.28. The number of hydrazone groups is 1. The van der Waals surface area contributed by atoms with Crippen molar-refractivity contribution in [3.63, 3.8) is 0 Å². The molecule has 5 nitrogen and oxygen atoms in total. The van der Waals surface area contributed by atoms with Crippen LogP contribution in [0.5, 0.6) is 0 Å². The van der Waals surface area contributed by atoms with Gasteiger partial charge in [-0.15, -0.1) is 0 Å². The summed E-state index contributed by atoms with van der Waals surface area (Å²) in [6.45, 7) is 2.14. The minimum absolute atomic E-state index is 0.323. The zero-order valence-electron chi connectivity index (χ0n) is 13.2. The van der Waals surface area contributed by atoms with Gasteiger partial charge in [0.2, 0.25) is 0 Å². The monoisotopic (exact) mass is 342 g/mol. The zero-order valence-corrected chi connectivity index (χ0v) is 13.2. The lowest BCUT2D eigenvalue weighted by atomic mass is 9.92. The Kier molecular flexibility index (Phi) is 4.96. The molecule has 0 aliphatic carbocycles. The Hall–Kier alpha value is -2.38. The first-order valence-electron chi connectivity index (χ1n) is 7.28. The van der Waals surface area contributed by atoms with E-state index in [9.17, 15) is 22.8 Å². The molecule has 1 aromatic carbocycles. The van der Waals surface area contributed by atoms with Crippen molar-refractivity contribution in [2.45, 2.75) is 32.5 Å². The van der Waals surface area contributed by atoms with Crippen LogP contribution in [0, 0.1) is 5.41 Å². The Morgan fingerprint density at radius 2 is 1.88 bits per heavy atom. The van der Waals surface area contributed by atoms with E-state index >= 15 is 0 Å². The van der Waals surface area contributed by atoms with Gasteiger partial charge < -0.3 is 4.74 Å². The number of halogens is 3. The number of amides is 1. The average Bonchev–Trinajstić information content (AvgIpc) is 3.01. The van der Waals surface area contributed by atoms with Crippen molar-refractivity contribution in [3.05, 3.63) is 35.9 Å². The van der Waals surface area contributed by atoms with Crippen LogP contribution in [0.2, 0.25) is 0 Å². The van der Waals surface area contributed by atoms with Crippen LogP contribution in [0.4, 0.5) is 13.2 Å². The smallest absolute Gasteiger partial charge is 0.458 e. The first-order chi connectivity index (χ1) is 11.1. The molecule has 24 heavy (non-hydrogen) atoms. The Labute approximate surface area is 137 Å². The maximum absolute atomic E-state index is 12.7. The van der Waals surface area contributed by atoms with E-state index in [1.807, 2.05) is 30.3 Å². The van der Waals surface area contributed by atoms with Gasteiger partial charge in [0.1, 0.15) is 6.61 Å². The van der Waals surface area contributed by atoms with Crippen molar-refractivity contribution in [1.82, 2.24) is 5.01 Å². The van der Waals surface area contributed by atoms with Crippen LogP contribution in [0.25, 0.3) is 0 Å². The maximum Gasteiger partial charge on any atom is 0.490 e. The molecule has 0 radical (unpaired) electrons. The molecular weight excluding hydrogens is 325 g/mol. The zero-order chi connectivity index (χ0) is 18.0. The Morgan fingerprint density at radius 1 is 1.25 bits per heavy atom. The largest absolute Gasteiger partial charge is 0.490 e. The summed E-state index contributed by atoms with van der Waals surface area (Å²) in [4.78, 5) is 23.5. The summed E-state index contributed by atoms with van der Waals surface area (Å²) < 4.78 is 40.9. The average molecular weight is 342 g/mol. The quantitative estimate of drug-likeness (QED) is 0.790. The normalized spacial score (nSPS) is 17.9. The van der Waals surface area contributed by atoms with Crippen molar-refractivity contribution in [1.29, 1.82) is 0 Å². The van der Waals surface area contributed by atoms with Gasteiger partial charge in [0.25, 0.3) is 5.91 Å². The predicted molar refractivity (Wildman–Crippen MR) is 79.9 cm³/mol. The highest BCUT2D eigenvalue weighted by Crippen LogP contribution is 2.33. The summed E-state index contributed by atoms with van der Waals surface area (Å²) >= 11 is 0. The molecule has 0 bridgehead atoms. The number of esters is 1. The number of rotatable bonds is 4. The molecule has 1 aliphatic rings. The standard InChI is InChI=1S/C16H17F3N2O3/c1-15(2,10-24-14(23)16(17,18)19)13(22)21-12(8-9-20-21)11-6-4-3-5-7-11/h3-7,9,12H,8,10H2,1-2H3. The molecule has 1 atom stereocenters. The minimum Gasteiger partial charge on any atom is -0.458 e. The molecule has 0 N–H and O–H groups in total. The molecule has 0 saturated carbocycles. The van der Waals surface area contributed by atoms with Crippen molar-refractivity contribution in [3.8, 4) is 0 Å². The molecule has 0 spiro atoms. The van der Waals surface area contributed by atoms with Crippen molar-refractivity contribution >= 4 is 18.1 Å². The Morgan fingerprint density at radius 3 is 2.46 bits per heavy atom. The van der Waals surface area contributed by atoms with E-state index in [1.54, 1.807) is 6.21 Å². The van der Waals surface area contributed by atoms with Crippen molar-refractivity contribution in [2.75, 3.05) is 6.61 Å². The van der Waals surface area contributed by atoms with E-state index in [4.69, 9.17) is 0 Å². The van der Waals surface area contributed by atoms with E-state index in [0.717, 1.165) is 5.56 Å². The molecule has 0 saturated heterocycles. The van der Waals surface area contributed by atoms with Gasteiger partial charge in [-0.1, -0.05) is 30.3 Å². The van der Waals surface area contributed by atoms with Crippen molar-refractivity contribution < 1.29 is 27.5 Å². The number of alkyl halides is 3. The van der Waals surface area contributed by atoms with Crippen LogP contribution in [0.1, 0.15) is 31.9 Å². The van der Waals surface area contributed by atoms with Gasteiger partial charge in [-0.2, -0.15) is 18.3 Å². The molecule has 1 aliphatic heterocycles. The summed E-state index contributed by atoms with van der Waals surface area (Å²) in [6, 6.07) is 8.86. The van der Waals surface area contributed by atoms with E-state index < -0.39 is 30.1 Å². The van der Waals surface area contributed by atoms with Crippen LogP contribution in [0.3, 0.4) is 0 Å². The second-order valence-corrected chi connectivity index (χ2v) is 6.07. The summed E-state index contributed by atoms with van der Waals surface area (Å²) in [6.07, 6.45) is -3.00. The first kappa shape index (κ1) is 18.0. The lowest BCUT2D eigenvalue weighted by Gasteiger charge is -2.30. The number of ether oxygens (including phenoxy) is 1. The van der Waals surface area contributed by atoms with Crippen LogP contribution in [-0.2, 0) is 14.3 Å². The Bertz CT molecular complexity index is 642. The lowest BCUT2D eigenvalue weighted by Crippen LogP contribution is -2.42. The van der Waals surface area contributed by atoms with E-state index in [2.05, 4.69) is 9.84 Å².